The van der Waals surface area contributed by atoms with E-state index in [9.17, 15) is 0 Å². The summed E-state index contributed by atoms with van der Waals surface area (Å²) in [5.74, 6) is 0.718. The smallest absolute Gasteiger partial charge is 0.160 e. The molecule has 0 saturated carbocycles. The van der Waals surface area contributed by atoms with Crippen LogP contribution in [0.5, 0.6) is 0 Å². The standard InChI is InChI=1S/C56H34N2S/c1-3-15-36(16-4-1)52-43-20-9-10-21-44(43)53(55-42-19-8-7-14-35(42)30-31-47(52)55)41-29-27-38-32-40(28-26-39(38)33-41)48-34-49(58-56(57-48)37-17-5-2-6-18-37)45-23-13-25-51-54(45)46-22-11-12-24-50(46)59-51/h1-34H. The summed E-state index contributed by atoms with van der Waals surface area (Å²) in [6.07, 6.45) is 0. The van der Waals surface area contributed by atoms with E-state index in [1.807, 2.05) is 17.4 Å². The molecule has 0 spiro atoms. The molecular weight excluding hydrogens is 733 g/mol. The molecule has 3 heteroatoms. The SMILES string of the molecule is c1ccc(-c2nc(-c3ccc4cc(-c5c6ccccc6c(-c6ccccc6)c6ccc7ccccc7c56)ccc4c3)cc(-c3cccc4sc5ccccc5c34)n2)cc1. The Morgan fingerprint density at radius 2 is 0.898 bits per heavy atom. The summed E-state index contributed by atoms with van der Waals surface area (Å²) < 4.78 is 2.54. The Labute approximate surface area is 345 Å². The first-order valence-electron chi connectivity index (χ1n) is 20.1. The molecule has 0 fully saturated rings. The van der Waals surface area contributed by atoms with Gasteiger partial charge in [0.05, 0.1) is 11.4 Å². The third-order valence-electron chi connectivity index (χ3n) is 11.8. The summed E-state index contributed by atoms with van der Waals surface area (Å²) in [5, 5.41) is 12.4. The van der Waals surface area contributed by atoms with Crippen LogP contribution in [-0.4, -0.2) is 9.97 Å². The number of benzene rings is 10. The van der Waals surface area contributed by atoms with Crippen LogP contribution in [0.15, 0.2) is 206 Å². The van der Waals surface area contributed by atoms with Crippen molar-refractivity contribution in [1.29, 1.82) is 0 Å². The average molecular weight is 767 g/mol. The Hall–Kier alpha value is -7.46. The van der Waals surface area contributed by atoms with Gasteiger partial charge in [0.2, 0.25) is 0 Å². The Bertz CT molecular complexity index is 3610. The molecule has 10 aromatic carbocycles. The molecule has 0 unspecified atom stereocenters. The summed E-state index contributed by atoms with van der Waals surface area (Å²) in [7, 11) is 0. The van der Waals surface area contributed by atoms with E-state index in [-0.39, 0.29) is 0 Å². The van der Waals surface area contributed by atoms with Crippen molar-refractivity contribution in [2.75, 3.05) is 0 Å². The van der Waals surface area contributed by atoms with Gasteiger partial charge in [-0.05, 0) is 95.7 Å². The van der Waals surface area contributed by atoms with Crippen LogP contribution in [0.25, 0.3) is 119 Å². The first kappa shape index (κ1) is 33.7. The highest BCUT2D eigenvalue weighted by atomic mass is 32.1. The van der Waals surface area contributed by atoms with Gasteiger partial charge in [0, 0.05) is 36.9 Å². The van der Waals surface area contributed by atoms with Gasteiger partial charge in [-0.15, -0.1) is 11.3 Å². The molecule has 0 bridgehead atoms. The maximum absolute atomic E-state index is 5.23. The van der Waals surface area contributed by atoms with E-state index in [0.717, 1.165) is 39.3 Å². The molecule has 0 amide bonds. The lowest BCUT2D eigenvalue weighted by Gasteiger charge is -2.19. The van der Waals surface area contributed by atoms with Gasteiger partial charge in [-0.2, -0.15) is 0 Å². The van der Waals surface area contributed by atoms with Crippen LogP contribution in [0.3, 0.4) is 0 Å². The van der Waals surface area contributed by atoms with E-state index in [1.165, 1.54) is 80.1 Å². The van der Waals surface area contributed by atoms with Gasteiger partial charge in [0.1, 0.15) is 0 Å². The summed E-state index contributed by atoms with van der Waals surface area (Å²) in [5.41, 5.74) is 9.96. The van der Waals surface area contributed by atoms with Crippen molar-refractivity contribution < 1.29 is 0 Å². The van der Waals surface area contributed by atoms with Crippen LogP contribution in [0.2, 0.25) is 0 Å². The molecule has 59 heavy (non-hydrogen) atoms. The molecule has 12 rings (SSSR count). The quantitative estimate of drug-likeness (QED) is 0.129. The largest absolute Gasteiger partial charge is 0.228 e. The molecule has 2 heterocycles. The zero-order valence-corrected chi connectivity index (χ0v) is 32.7. The van der Waals surface area contributed by atoms with Crippen molar-refractivity contribution in [3.63, 3.8) is 0 Å². The van der Waals surface area contributed by atoms with Gasteiger partial charge >= 0.3 is 0 Å². The fourth-order valence-corrected chi connectivity index (χ4v) is 10.3. The van der Waals surface area contributed by atoms with Gasteiger partial charge in [-0.3, -0.25) is 0 Å². The molecule has 274 valence electrons. The van der Waals surface area contributed by atoms with Gasteiger partial charge in [-0.25, -0.2) is 9.97 Å². The third kappa shape index (κ3) is 5.55. The Morgan fingerprint density at radius 3 is 1.69 bits per heavy atom. The van der Waals surface area contributed by atoms with Crippen LogP contribution in [0.4, 0.5) is 0 Å². The van der Waals surface area contributed by atoms with E-state index in [2.05, 4.69) is 200 Å². The molecule has 0 aliphatic rings. The highest BCUT2D eigenvalue weighted by Crippen LogP contribution is 2.47. The Balaban J connectivity index is 1.05. The monoisotopic (exact) mass is 766 g/mol. The van der Waals surface area contributed by atoms with Crippen molar-refractivity contribution in [2.45, 2.75) is 0 Å². The molecule has 0 radical (unpaired) electrons. The second kappa shape index (κ2) is 13.6. The first-order chi connectivity index (χ1) is 29.2. The minimum atomic E-state index is 0.718. The molecular formula is C56H34N2S. The molecule has 0 N–H and O–H groups in total. The van der Waals surface area contributed by atoms with Crippen LogP contribution in [-0.2, 0) is 0 Å². The molecule has 0 aliphatic carbocycles. The van der Waals surface area contributed by atoms with Gasteiger partial charge in [-0.1, -0.05) is 176 Å². The normalized spacial score (nSPS) is 11.7. The molecule has 12 aromatic rings. The van der Waals surface area contributed by atoms with E-state index < -0.39 is 0 Å². The maximum atomic E-state index is 5.23. The number of hydrogen-bond donors (Lipinski definition) is 0. The number of nitrogens with zero attached hydrogens (tertiary/aromatic N) is 2. The van der Waals surface area contributed by atoms with Crippen molar-refractivity contribution in [2.24, 2.45) is 0 Å². The third-order valence-corrected chi connectivity index (χ3v) is 13.0. The molecule has 0 saturated heterocycles. The van der Waals surface area contributed by atoms with E-state index in [4.69, 9.17) is 9.97 Å². The van der Waals surface area contributed by atoms with Gasteiger partial charge < -0.3 is 0 Å². The van der Waals surface area contributed by atoms with Crippen LogP contribution >= 0.6 is 11.3 Å². The Morgan fingerprint density at radius 1 is 0.305 bits per heavy atom. The van der Waals surface area contributed by atoms with Crippen LogP contribution < -0.4 is 0 Å². The lowest BCUT2D eigenvalue weighted by atomic mass is 9.83. The molecule has 2 nitrogen and oxygen atoms in total. The summed E-state index contributed by atoms with van der Waals surface area (Å²) in [6.45, 7) is 0. The van der Waals surface area contributed by atoms with Crippen molar-refractivity contribution in [1.82, 2.24) is 9.97 Å². The van der Waals surface area contributed by atoms with E-state index >= 15 is 0 Å². The van der Waals surface area contributed by atoms with Gasteiger partial charge in [0.15, 0.2) is 5.82 Å². The minimum absolute atomic E-state index is 0.718. The zero-order chi connectivity index (χ0) is 38.9. The summed E-state index contributed by atoms with van der Waals surface area (Å²) in [6, 6.07) is 74.6. The zero-order valence-electron chi connectivity index (χ0n) is 31.9. The molecule has 0 atom stereocenters. The number of thiophene rings is 1. The topological polar surface area (TPSA) is 25.8 Å². The minimum Gasteiger partial charge on any atom is -0.228 e. The lowest BCUT2D eigenvalue weighted by molar-refractivity contribution is 1.19. The lowest BCUT2D eigenvalue weighted by Crippen LogP contribution is -1.96. The number of aromatic nitrogens is 2. The van der Waals surface area contributed by atoms with Crippen LogP contribution in [0, 0.1) is 0 Å². The van der Waals surface area contributed by atoms with E-state index in [0.29, 0.717) is 0 Å². The highest BCUT2D eigenvalue weighted by molar-refractivity contribution is 7.25. The predicted molar refractivity (Wildman–Crippen MR) is 252 cm³/mol. The average Bonchev–Trinajstić information content (AvgIpc) is 3.70. The van der Waals surface area contributed by atoms with Gasteiger partial charge in [0.25, 0.3) is 0 Å². The van der Waals surface area contributed by atoms with E-state index in [1.54, 1.807) is 0 Å². The first-order valence-corrected chi connectivity index (χ1v) is 20.9. The number of rotatable bonds is 5. The maximum Gasteiger partial charge on any atom is 0.160 e. The molecule has 0 aliphatic heterocycles. The fourth-order valence-electron chi connectivity index (χ4n) is 9.16. The van der Waals surface area contributed by atoms with Crippen molar-refractivity contribution >= 4 is 74.6 Å². The van der Waals surface area contributed by atoms with Crippen LogP contribution in [0.1, 0.15) is 0 Å². The second-order valence-corrected chi connectivity index (χ2v) is 16.3. The number of fused-ring (bicyclic) bond motifs is 8. The number of hydrogen-bond acceptors (Lipinski definition) is 3. The van der Waals surface area contributed by atoms with Crippen molar-refractivity contribution in [3.8, 4) is 56.2 Å². The molecule has 2 aromatic heterocycles. The Kier molecular flexibility index (Phi) is 7.75. The predicted octanol–water partition coefficient (Wildman–Crippen LogP) is 15.8. The summed E-state index contributed by atoms with van der Waals surface area (Å²) >= 11 is 1.83. The highest BCUT2D eigenvalue weighted by Gasteiger charge is 2.20. The fraction of sp³-hybridized carbons (Fsp3) is 0. The summed E-state index contributed by atoms with van der Waals surface area (Å²) in [4.78, 5) is 10.5. The van der Waals surface area contributed by atoms with Crippen molar-refractivity contribution in [3.05, 3.63) is 206 Å². The second-order valence-electron chi connectivity index (χ2n) is 15.3.